The van der Waals surface area contributed by atoms with Crippen LogP contribution >= 0.6 is 0 Å². The van der Waals surface area contributed by atoms with E-state index in [0.29, 0.717) is 5.75 Å². The third-order valence-electron chi connectivity index (χ3n) is 3.18. The van der Waals surface area contributed by atoms with E-state index in [9.17, 15) is 13.2 Å². The quantitative estimate of drug-likeness (QED) is 0.666. The van der Waals surface area contributed by atoms with Gasteiger partial charge in [0.15, 0.2) is 0 Å². The van der Waals surface area contributed by atoms with E-state index in [0.717, 1.165) is 23.4 Å². The molecule has 7 nitrogen and oxygen atoms in total. The minimum absolute atomic E-state index is 0.0727. The SMILES string of the molecule is Cc1ccc(OCCNS(=O)(=O)c2c[nH]c(C(=O)O)c2)c(C)c1. The molecule has 0 aliphatic heterocycles. The van der Waals surface area contributed by atoms with Gasteiger partial charge in [0.05, 0.1) is 0 Å². The van der Waals surface area contributed by atoms with Gasteiger partial charge in [-0.2, -0.15) is 0 Å². The average Bonchev–Trinajstić information content (AvgIpc) is 2.96. The number of aromatic nitrogens is 1. The number of nitrogens with one attached hydrogen (secondary N) is 2. The Kier molecular flexibility index (Phi) is 5.07. The maximum absolute atomic E-state index is 12.0. The highest BCUT2D eigenvalue weighted by atomic mass is 32.2. The summed E-state index contributed by atoms with van der Waals surface area (Å²) in [4.78, 5) is 13.0. The lowest BCUT2D eigenvalue weighted by Crippen LogP contribution is -2.28. The van der Waals surface area contributed by atoms with Crippen molar-refractivity contribution in [1.29, 1.82) is 0 Å². The van der Waals surface area contributed by atoms with E-state index in [1.54, 1.807) is 0 Å². The second kappa shape index (κ2) is 6.84. The monoisotopic (exact) mass is 338 g/mol. The molecule has 2 aromatic rings. The van der Waals surface area contributed by atoms with Crippen LogP contribution in [0.3, 0.4) is 0 Å². The molecule has 3 N–H and O–H groups in total. The van der Waals surface area contributed by atoms with Gasteiger partial charge < -0.3 is 14.8 Å². The number of sulfonamides is 1. The van der Waals surface area contributed by atoms with Gasteiger partial charge in [0.1, 0.15) is 22.9 Å². The number of hydrogen-bond donors (Lipinski definition) is 3. The second-order valence-corrected chi connectivity index (χ2v) is 6.84. The molecule has 23 heavy (non-hydrogen) atoms. The molecular formula is C15H18N2O5S. The lowest BCUT2D eigenvalue weighted by atomic mass is 10.1. The van der Waals surface area contributed by atoms with Crippen molar-refractivity contribution < 1.29 is 23.1 Å². The van der Waals surface area contributed by atoms with E-state index < -0.39 is 16.0 Å². The first-order valence-corrected chi connectivity index (χ1v) is 8.39. The number of aromatic amines is 1. The minimum atomic E-state index is -3.77. The predicted octanol–water partition coefficient (Wildman–Crippen LogP) is 1.69. The standard InChI is InChI=1S/C15H18N2O5S/c1-10-3-4-14(11(2)7-10)22-6-5-17-23(20,21)12-8-13(15(18)19)16-9-12/h3-4,7-9,16-17H,5-6H2,1-2H3,(H,18,19). The predicted molar refractivity (Wildman–Crippen MR) is 84.4 cm³/mol. The Balaban J connectivity index is 1.90. The van der Waals surface area contributed by atoms with E-state index in [1.807, 2.05) is 32.0 Å². The van der Waals surface area contributed by atoms with Crippen LogP contribution in [0.25, 0.3) is 0 Å². The van der Waals surface area contributed by atoms with E-state index in [-0.39, 0.29) is 23.7 Å². The van der Waals surface area contributed by atoms with Gasteiger partial charge in [0, 0.05) is 12.7 Å². The highest BCUT2D eigenvalue weighted by molar-refractivity contribution is 7.89. The molecule has 2 rings (SSSR count). The Labute approximate surface area is 134 Å². The summed E-state index contributed by atoms with van der Waals surface area (Å²) in [7, 11) is -3.77. The molecule has 1 heterocycles. The van der Waals surface area contributed by atoms with E-state index in [4.69, 9.17) is 9.84 Å². The molecular weight excluding hydrogens is 320 g/mol. The molecule has 8 heteroatoms. The fourth-order valence-electron chi connectivity index (χ4n) is 2.03. The molecule has 0 aliphatic rings. The Bertz CT molecular complexity index is 811. The number of carboxylic acid groups (broad SMARTS) is 1. The molecule has 0 radical (unpaired) electrons. The molecule has 0 fully saturated rings. The van der Waals surface area contributed by atoms with Crippen molar-refractivity contribution in [3.63, 3.8) is 0 Å². The zero-order valence-electron chi connectivity index (χ0n) is 12.8. The van der Waals surface area contributed by atoms with Crippen molar-refractivity contribution in [3.05, 3.63) is 47.3 Å². The van der Waals surface area contributed by atoms with E-state index in [2.05, 4.69) is 9.71 Å². The van der Waals surface area contributed by atoms with Crippen LogP contribution in [0.5, 0.6) is 5.75 Å². The highest BCUT2D eigenvalue weighted by Crippen LogP contribution is 2.18. The first-order valence-electron chi connectivity index (χ1n) is 6.91. The Hall–Kier alpha value is -2.32. The summed E-state index contributed by atoms with van der Waals surface area (Å²) >= 11 is 0. The fourth-order valence-corrected chi connectivity index (χ4v) is 3.04. The Morgan fingerprint density at radius 1 is 1.30 bits per heavy atom. The van der Waals surface area contributed by atoms with Crippen molar-refractivity contribution in [2.75, 3.05) is 13.2 Å². The molecule has 1 aromatic heterocycles. The number of carbonyl (C=O) groups is 1. The van der Waals surface area contributed by atoms with Gasteiger partial charge in [-0.15, -0.1) is 0 Å². The van der Waals surface area contributed by atoms with Crippen LogP contribution in [-0.4, -0.2) is 37.6 Å². The van der Waals surface area contributed by atoms with E-state index >= 15 is 0 Å². The molecule has 0 amide bonds. The van der Waals surface area contributed by atoms with Gasteiger partial charge in [-0.3, -0.25) is 0 Å². The third kappa shape index (κ3) is 4.33. The van der Waals surface area contributed by atoms with Crippen molar-refractivity contribution >= 4 is 16.0 Å². The maximum atomic E-state index is 12.0. The largest absolute Gasteiger partial charge is 0.492 e. The van der Waals surface area contributed by atoms with Crippen LogP contribution in [0.2, 0.25) is 0 Å². The first kappa shape index (κ1) is 17.0. The number of H-pyrrole nitrogens is 1. The number of aryl methyl sites for hydroxylation is 2. The van der Waals surface area contributed by atoms with Crippen molar-refractivity contribution in [2.24, 2.45) is 0 Å². The van der Waals surface area contributed by atoms with Crippen LogP contribution in [0.4, 0.5) is 0 Å². The number of hydrogen-bond acceptors (Lipinski definition) is 4. The lowest BCUT2D eigenvalue weighted by molar-refractivity contribution is 0.0691. The summed E-state index contributed by atoms with van der Waals surface area (Å²) in [5.41, 5.74) is 1.92. The highest BCUT2D eigenvalue weighted by Gasteiger charge is 2.17. The topological polar surface area (TPSA) is 108 Å². The summed E-state index contributed by atoms with van der Waals surface area (Å²) in [5.74, 6) is -0.519. The van der Waals surface area contributed by atoms with Gasteiger partial charge in [-0.1, -0.05) is 17.7 Å². The third-order valence-corrected chi connectivity index (χ3v) is 4.62. The van der Waals surface area contributed by atoms with Gasteiger partial charge in [0.2, 0.25) is 10.0 Å². The molecule has 124 valence electrons. The van der Waals surface area contributed by atoms with Crippen molar-refractivity contribution in [1.82, 2.24) is 9.71 Å². The molecule has 0 saturated heterocycles. The Morgan fingerprint density at radius 3 is 2.65 bits per heavy atom. The molecule has 0 bridgehead atoms. The molecule has 0 unspecified atom stereocenters. The molecule has 0 saturated carbocycles. The summed E-state index contributed by atoms with van der Waals surface area (Å²) in [6, 6.07) is 6.80. The summed E-state index contributed by atoms with van der Waals surface area (Å²) in [6.07, 6.45) is 1.14. The van der Waals surface area contributed by atoms with Crippen LogP contribution < -0.4 is 9.46 Å². The molecule has 0 atom stereocenters. The van der Waals surface area contributed by atoms with Gasteiger partial charge in [-0.25, -0.2) is 17.9 Å². The minimum Gasteiger partial charge on any atom is -0.492 e. The summed E-state index contributed by atoms with van der Waals surface area (Å²) in [5, 5.41) is 8.78. The molecule has 1 aromatic carbocycles. The molecule has 0 spiro atoms. The zero-order valence-corrected chi connectivity index (χ0v) is 13.6. The van der Waals surface area contributed by atoms with Crippen LogP contribution in [0.15, 0.2) is 35.4 Å². The number of aromatic carboxylic acids is 1. The smallest absolute Gasteiger partial charge is 0.352 e. The van der Waals surface area contributed by atoms with Gasteiger partial charge >= 0.3 is 5.97 Å². The lowest BCUT2D eigenvalue weighted by Gasteiger charge is -2.10. The number of rotatable bonds is 7. The molecule has 0 aliphatic carbocycles. The van der Waals surface area contributed by atoms with Crippen molar-refractivity contribution in [2.45, 2.75) is 18.7 Å². The van der Waals surface area contributed by atoms with Crippen LogP contribution in [-0.2, 0) is 10.0 Å². The number of benzene rings is 1. The normalized spacial score (nSPS) is 11.4. The zero-order chi connectivity index (χ0) is 17.0. The van der Waals surface area contributed by atoms with Gasteiger partial charge in [-0.05, 0) is 31.5 Å². The summed E-state index contributed by atoms with van der Waals surface area (Å²) in [6.45, 7) is 4.13. The average molecular weight is 338 g/mol. The second-order valence-electron chi connectivity index (χ2n) is 5.07. The van der Waals surface area contributed by atoms with Crippen LogP contribution in [0, 0.1) is 13.8 Å². The van der Waals surface area contributed by atoms with Crippen molar-refractivity contribution in [3.8, 4) is 5.75 Å². The number of ether oxygens (including phenoxy) is 1. The first-order chi connectivity index (χ1) is 10.8. The van der Waals surface area contributed by atoms with E-state index in [1.165, 1.54) is 0 Å². The fraction of sp³-hybridized carbons (Fsp3) is 0.267. The maximum Gasteiger partial charge on any atom is 0.352 e. The van der Waals surface area contributed by atoms with Gasteiger partial charge in [0.25, 0.3) is 0 Å². The number of carboxylic acids is 1. The van der Waals surface area contributed by atoms with Crippen LogP contribution in [0.1, 0.15) is 21.6 Å². The Morgan fingerprint density at radius 2 is 2.04 bits per heavy atom. The summed E-state index contributed by atoms with van der Waals surface area (Å²) < 4.78 is 31.9.